The molecule has 17 heteroatoms. The Morgan fingerprint density at radius 1 is 0.931 bits per heavy atom. The molecule has 2 amide bonds. The van der Waals surface area contributed by atoms with Crippen molar-refractivity contribution in [1.82, 2.24) is 30.2 Å². The second-order valence-electron chi connectivity index (χ2n) is 14.3. The van der Waals surface area contributed by atoms with Gasteiger partial charge in [-0.15, -0.1) is 0 Å². The van der Waals surface area contributed by atoms with E-state index in [1.807, 2.05) is 95.9 Å². The van der Waals surface area contributed by atoms with Gasteiger partial charge in [0.05, 0.1) is 24.5 Å². The molecule has 2 fully saturated rings. The number of aliphatic hydroxyl groups excluding tert-OH is 1. The fourth-order valence-corrected chi connectivity index (χ4v) is 7.46. The number of halogens is 3. The molecule has 1 saturated carbocycles. The molecule has 4 N–H and O–H groups in total. The van der Waals surface area contributed by atoms with Crippen molar-refractivity contribution >= 4 is 40.9 Å². The summed E-state index contributed by atoms with van der Waals surface area (Å²) >= 11 is 0. The Bertz CT molecular complexity index is 2150. The highest BCUT2D eigenvalue weighted by Gasteiger charge is 2.51. The number of nitrogens with one attached hydrogen (secondary N) is 3. The van der Waals surface area contributed by atoms with E-state index in [4.69, 9.17) is 19.4 Å². The van der Waals surface area contributed by atoms with Crippen LogP contribution in [0, 0.1) is 0 Å². The lowest BCUT2D eigenvalue weighted by atomic mass is 9.91. The van der Waals surface area contributed by atoms with Crippen LogP contribution < -0.4 is 20.9 Å². The van der Waals surface area contributed by atoms with E-state index in [1.54, 1.807) is 6.92 Å². The van der Waals surface area contributed by atoms with Gasteiger partial charge >= 0.3 is 18.2 Å². The Hall–Kier alpha value is -6.23. The molecule has 304 valence electrons. The summed E-state index contributed by atoms with van der Waals surface area (Å²) in [6.45, 7) is 2.87. The SMILES string of the molecule is CCC(=O)N[C@H]1C[C@@H](n2cnc3c(NCC(c4ccccc4)c4ccccc4)nc(N4CC[C@@H](NC(=O)OCc5ccccc5)C4)nc32)[C@H](O)[C@@H]1OC(=O)C(F)(F)F. The maximum absolute atomic E-state index is 13.3. The van der Waals surface area contributed by atoms with Crippen LogP contribution in [0.15, 0.2) is 97.3 Å². The van der Waals surface area contributed by atoms with Gasteiger partial charge in [0.2, 0.25) is 11.9 Å². The van der Waals surface area contributed by atoms with Crippen LogP contribution in [0.5, 0.6) is 0 Å². The van der Waals surface area contributed by atoms with Crippen LogP contribution in [0.1, 0.15) is 54.8 Å². The summed E-state index contributed by atoms with van der Waals surface area (Å²) in [5.41, 5.74) is 3.52. The van der Waals surface area contributed by atoms with Gasteiger partial charge in [-0.1, -0.05) is 97.9 Å². The van der Waals surface area contributed by atoms with Crippen LogP contribution in [-0.2, 0) is 25.7 Å². The summed E-state index contributed by atoms with van der Waals surface area (Å²) < 4.78 is 51.7. The number of anilines is 2. The number of esters is 1. The highest BCUT2D eigenvalue weighted by Crippen LogP contribution is 2.38. The zero-order valence-corrected chi connectivity index (χ0v) is 31.5. The highest BCUT2D eigenvalue weighted by molar-refractivity contribution is 5.85. The summed E-state index contributed by atoms with van der Waals surface area (Å²) in [7, 11) is 0. The number of nitrogens with zero attached hydrogens (tertiary/aromatic N) is 5. The molecule has 0 unspecified atom stereocenters. The topological polar surface area (TPSA) is 173 Å². The molecule has 2 aromatic heterocycles. The molecular formula is C41H43F3N8O6. The minimum Gasteiger partial charge on any atom is -0.451 e. The van der Waals surface area contributed by atoms with Crippen LogP contribution in [0.4, 0.5) is 29.7 Å². The van der Waals surface area contributed by atoms with E-state index in [9.17, 15) is 32.7 Å². The number of carbonyl (C=O) groups is 3. The number of imidazole rings is 1. The first-order valence-electron chi connectivity index (χ1n) is 19.0. The average Bonchev–Trinajstić information content (AvgIpc) is 3.95. The molecule has 3 heterocycles. The maximum atomic E-state index is 13.3. The Morgan fingerprint density at radius 3 is 2.22 bits per heavy atom. The maximum Gasteiger partial charge on any atom is 0.490 e. The van der Waals surface area contributed by atoms with Gasteiger partial charge in [0.1, 0.15) is 12.7 Å². The molecule has 5 atom stereocenters. The number of hydrogen-bond donors (Lipinski definition) is 4. The van der Waals surface area contributed by atoms with Crippen molar-refractivity contribution in [2.45, 2.75) is 75.2 Å². The van der Waals surface area contributed by atoms with Crippen LogP contribution in [0.2, 0.25) is 0 Å². The number of rotatable bonds is 13. The van der Waals surface area contributed by atoms with Gasteiger partial charge in [-0.05, 0) is 29.5 Å². The average molecular weight is 801 g/mol. The monoisotopic (exact) mass is 800 g/mol. The molecule has 0 radical (unpaired) electrons. The minimum atomic E-state index is -5.32. The van der Waals surface area contributed by atoms with E-state index in [1.165, 1.54) is 10.9 Å². The number of alkyl carbamates (subject to hydrolysis) is 1. The third-order valence-corrected chi connectivity index (χ3v) is 10.4. The van der Waals surface area contributed by atoms with Gasteiger partial charge in [0.25, 0.3) is 0 Å². The Kier molecular flexibility index (Phi) is 12.1. The molecule has 1 aliphatic heterocycles. The van der Waals surface area contributed by atoms with Gasteiger partial charge in [0.15, 0.2) is 23.1 Å². The predicted octanol–water partition coefficient (Wildman–Crippen LogP) is 5.25. The van der Waals surface area contributed by atoms with E-state index in [-0.39, 0.29) is 43.0 Å². The van der Waals surface area contributed by atoms with E-state index >= 15 is 0 Å². The first-order valence-corrected chi connectivity index (χ1v) is 19.0. The molecule has 3 aromatic carbocycles. The number of ether oxygens (including phenoxy) is 2. The van der Waals surface area contributed by atoms with Crippen molar-refractivity contribution in [1.29, 1.82) is 0 Å². The van der Waals surface area contributed by atoms with E-state index in [2.05, 4.69) is 20.9 Å². The lowest BCUT2D eigenvalue weighted by Gasteiger charge is -2.24. The van der Waals surface area contributed by atoms with Crippen molar-refractivity contribution in [2.75, 3.05) is 29.9 Å². The molecule has 0 spiro atoms. The molecule has 7 rings (SSSR count). The van der Waals surface area contributed by atoms with Crippen LogP contribution in [-0.4, -0.2) is 92.7 Å². The molecule has 14 nitrogen and oxygen atoms in total. The molecule has 5 aromatic rings. The summed E-state index contributed by atoms with van der Waals surface area (Å²) in [6, 6.07) is 26.7. The summed E-state index contributed by atoms with van der Waals surface area (Å²) in [5.74, 6) is -2.45. The lowest BCUT2D eigenvalue weighted by molar-refractivity contribution is -0.209. The second-order valence-corrected chi connectivity index (χ2v) is 14.3. The van der Waals surface area contributed by atoms with Crippen molar-refractivity contribution in [3.05, 3.63) is 114 Å². The number of fused-ring (bicyclic) bond motifs is 1. The number of amides is 2. The minimum absolute atomic E-state index is 0.0141. The van der Waals surface area contributed by atoms with Gasteiger partial charge in [-0.3, -0.25) is 4.79 Å². The van der Waals surface area contributed by atoms with Crippen LogP contribution in [0.25, 0.3) is 11.2 Å². The summed E-state index contributed by atoms with van der Waals surface area (Å²) in [5, 5.41) is 20.5. The van der Waals surface area contributed by atoms with Crippen LogP contribution >= 0.6 is 0 Å². The first-order chi connectivity index (χ1) is 28.0. The smallest absolute Gasteiger partial charge is 0.451 e. The zero-order valence-electron chi connectivity index (χ0n) is 31.5. The van der Waals surface area contributed by atoms with Gasteiger partial charge < -0.3 is 40.0 Å². The number of aromatic nitrogens is 4. The number of aliphatic hydroxyl groups is 1. The van der Waals surface area contributed by atoms with Crippen molar-refractivity contribution < 1.29 is 42.1 Å². The Labute approximate surface area is 331 Å². The number of benzene rings is 3. The standard InChI is InChI=1S/C41H43F3N8O6/c1-2-32(53)48-30-20-31(34(54)35(30)58-38(55)41(42,43)44)52-24-46-33-36(45-21-29(26-14-8-4-9-15-26)27-16-10-5-11-17-27)49-39(50-37(33)52)51-19-18-28(22-51)47-40(56)57-23-25-12-6-3-7-13-25/h3-17,24,28-31,34-35,54H,2,18-23H2,1H3,(H,47,56)(H,48,53)(H,45,49,50)/t28-,30+,31-,34+,35-/m1/s1. The molecular weight excluding hydrogens is 757 g/mol. The molecule has 1 aliphatic carbocycles. The summed E-state index contributed by atoms with van der Waals surface area (Å²) in [6.07, 6.45) is -7.40. The third kappa shape index (κ3) is 9.15. The molecule has 0 bridgehead atoms. The third-order valence-electron chi connectivity index (χ3n) is 10.4. The van der Waals surface area contributed by atoms with E-state index in [0.29, 0.717) is 37.4 Å². The Morgan fingerprint density at radius 2 is 1.59 bits per heavy atom. The lowest BCUT2D eigenvalue weighted by Crippen LogP contribution is -2.47. The van der Waals surface area contributed by atoms with Crippen molar-refractivity contribution in [3.63, 3.8) is 0 Å². The fraction of sp³-hybridized carbons (Fsp3) is 0.366. The number of alkyl halides is 3. The predicted molar refractivity (Wildman–Crippen MR) is 207 cm³/mol. The Balaban J connectivity index is 1.19. The van der Waals surface area contributed by atoms with Gasteiger partial charge in [-0.25, -0.2) is 14.6 Å². The van der Waals surface area contributed by atoms with Crippen LogP contribution in [0.3, 0.4) is 0 Å². The zero-order chi connectivity index (χ0) is 40.8. The normalized spacial score (nSPS) is 20.6. The molecule has 2 aliphatic rings. The van der Waals surface area contributed by atoms with E-state index < -0.39 is 48.4 Å². The molecule has 1 saturated heterocycles. The highest BCUT2D eigenvalue weighted by atomic mass is 19.4. The van der Waals surface area contributed by atoms with Crippen molar-refractivity contribution in [3.8, 4) is 0 Å². The molecule has 58 heavy (non-hydrogen) atoms. The van der Waals surface area contributed by atoms with Crippen molar-refractivity contribution in [2.24, 2.45) is 0 Å². The fourth-order valence-electron chi connectivity index (χ4n) is 7.46. The van der Waals surface area contributed by atoms with Gasteiger partial charge in [0, 0.05) is 32.0 Å². The first kappa shape index (κ1) is 40.0. The number of hydrogen-bond acceptors (Lipinski definition) is 11. The van der Waals surface area contributed by atoms with Gasteiger partial charge in [-0.2, -0.15) is 23.1 Å². The largest absolute Gasteiger partial charge is 0.490 e. The quantitative estimate of drug-likeness (QED) is 0.115. The van der Waals surface area contributed by atoms with E-state index in [0.717, 1.165) is 16.7 Å². The number of carbonyl (C=O) groups excluding carboxylic acids is 3. The second kappa shape index (κ2) is 17.5. The summed E-state index contributed by atoms with van der Waals surface area (Å²) in [4.78, 5) is 53.4.